The molecule has 9 nitrogen and oxygen atoms in total. The number of amides is 2. The molecule has 0 aromatic heterocycles. The van der Waals surface area contributed by atoms with E-state index in [1.165, 1.54) is 0 Å². The highest BCUT2D eigenvalue weighted by atomic mass is 127. The molecule has 3 rings (SSSR count). The van der Waals surface area contributed by atoms with E-state index in [-0.39, 0.29) is 31.4 Å². The molecule has 1 aliphatic rings. The highest BCUT2D eigenvalue weighted by Crippen LogP contribution is 2.31. The van der Waals surface area contributed by atoms with Crippen LogP contribution in [0.3, 0.4) is 0 Å². The summed E-state index contributed by atoms with van der Waals surface area (Å²) in [5.41, 5.74) is 1.25. The molecule has 3 N–H and O–H groups in total. The summed E-state index contributed by atoms with van der Waals surface area (Å²) in [5, 5.41) is 23.4. The number of para-hydroxylation sites is 1. The van der Waals surface area contributed by atoms with E-state index >= 15 is 0 Å². The normalized spacial score (nSPS) is 18.6. The first-order valence-corrected chi connectivity index (χ1v) is 14.1. The zero-order valence-corrected chi connectivity index (χ0v) is 24.7. The van der Waals surface area contributed by atoms with E-state index in [1.54, 1.807) is 31.3 Å². The van der Waals surface area contributed by atoms with Crippen LogP contribution in [0.25, 0.3) is 0 Å². The Hall–Kier alpha value is -2.83. The lowest BCUT2D eigenvalue weighted by Gasteiger charge is -2.40. The maximum absolute atomic E-state index is 13.4. The van der Waals surface area contributed by atoms with Crippen LogP contribution in [0, 0.1) is 3.57 Å². The SMILES string of the molecule is CCCC(=O)N(CCc1cc(OC)ccc1OC)C1CC(C(=O)NCCO)=CC(Oc2ccccc2I)C1O. The summed E-state index contributed by atoms with van der Waals surface area (Å²) in [4.78, 5) is 28.0. The van der Waals surface area contributed by atoms with E-state index in [9.17, 15) is 19.8 Å². The molecule has 0 heterocycles. The van der Waals surface area contributed by atoms with Crippen LogP contribution in [-0.2, 0) is 16.0 Å². The smallest absolute Gasteiger partial charge is 0.247 e. The number of halogens is 1. The zero-order chi connectivity index (χ0) is 28.4. The minimum atomic E-state index is -1.08. The lowest BCUT2D eigenvalue weighted by atomic mass is 9.87. The van der Waals surface area contributed by atoms with E-state index in [1.807, 2.05) is 43.3 Å². The molecular weight excluding hydrogens is 615 g/mol. The first-order chi connectivity index (χ1) is 18.8. The molecule has 2 amide bonds. The highest BCUT2D eigenvalue weighted by molar-refractivity contribution is 14.1. The number of methoxy groups -OCH3 is 2. The Morgan fingerprint density at radius 2 is 1.90 bits per heavy atom. The molecule has 0 spiro atoms. The molecule has 2 aromatic carbocycles. The van der Waals surface area contributed by atoms with Crippen LogP contribution in [0.4, 0.5) is 0 Å². The van der Waals surface area contributed by atoms with Crippen molar-refractivity contribution in [2.24, 2.45) is 0 Å². The molecule has 1 aliphatic carbocycles. The number of ether oxygens (including phenoxy) is 3. The second-order valence-electron chi connectivity index (χ2n) is 9.21. The summed E-state index contributed by atoms with van der Waals surface area (Å²) in [5.74, 6) is 1.43. The molecule has 0 aliphatic heterocycles. The largest absolute Gasteiger partial charge is 0.497 e. The monoisotopic (exact) mass is 652 g/mol. The lowest BCUT2D eigenvalue weighted by molar-refractivity contribution is -0.138. The Morgan fingerprint density at radius 1 is 1.13 bits per heavy atom. The third-order valence-corrected chi connectivity index (χ3v) is 7.50. The van der Waals surface area contributed by atoms with Gasteiger partial charge in [-0.3, -0.25) is 9.59 Å². The van der Waals surface area contributed by atoms with Gasteiger partial charge in [-0.05, 0) is 77.4 Å². The third kappa shape index (κ3) is 8.09. The summed E-state index contributed by atoms with van der Waals surface area (Å²) < 4.78 is 17.9. The average Bonchev–Trinajstić information content (AvgIpc) is 2.94. The Labute approximate surface area is 243 Å². The number of aliphatic hydroxyl groups is 2. The van der Waals surface area contributed by atoms with Crippen molar-refractivity contribution in [2.75, 3.05) is 33.9 Å². The van der Waals surface area contributed by atoms with E-state index in [2.05, 4.69) is 27.9 Å². The maximum Gasteiger partial charge on any atom is 0.247 e. The van der Waals surface area contributed by atoms with E-state index < -0.39 is 18.2 Å². The molecular formula is C29H37IN2O7. The van der Waals surface area contributed by atoms with E-state index in [0.29, 0.717) is 48.6 Å². The van der Waals surface area contributed by atoms with Gasteiger partial charge in [0.2, 0.25) is 11.8 Å². The predicted octanol–water partition coefficient (Wildman–Crippen LogP) is 3.10. The molecule has 212 valence electrons. The summed E-state index contributed by atoms with van der Waals surface area (Å²) in [6, 6.07) is 12.2. The van der Waals surface area contributed by atoms with Crippen molar-refractivity contribution in [1.29, 1.82) is 0 Å². The molecule has 39 heavy (non-hydrogen) atoms. The van der Waals surface area contributed by atoms with Crippen LogP contribution in [0.15, 0.2) is 54.1 Å². The Kier molecular flexibility index (Phi) is 11.9. The number of hydrogen-bond donors (Lipinski definition) is 3. The van der Waals surface area contributed by atoms with Crippen molar-refractivity contribution in [3.05, 3.63) is 63.2 Å². The van der Waals surface area contributed by atoms with Gasteiger partial charge in [0, 0.05) is 31.5 Å². The zero-order valence-electron chi connectivity index (χ0n) is 22.6. The third-order valence-electron chi connectivity index (χ3n) is 6.61. The second-order valence-corrected chi connectivity index (χ2v) is 10.4. The van der Waals surface area contributed by atoms with Gasteiger partial charge in [0.1, 0.15) is 29.5 Å². The van der Waals surface area contributed by atoms with Crippen molar-refractivity contribution in [1.82, 2.24) is 10.2 Å². The number of nitrogens with one attached hydrogen (secondary N) is 1. The highest BCUT2D eigenvalue weighted by Gasteiger charge is 2.40. The first-order valence-electron chi connectivity index (χ1n) is 13.0. The van der Waals surface area contributed by atoms with Crippen molar-refractivity contribution < 1.29 is 34.0 Å². The van der Waals surface area contributed by atoms with Gasteiger partial charge in [-0.15, -0.1) is 0 Å². The average molecular weight is 653 g/mol. The van der Waals surface area contributed by atoms with Gasteiger partial charge in [-0.1, -0.05) is 19.1 Å². The fourth-order valence-electron chi connectivity index (χ4n) is 4.62. The van der Waals surface area contributed by atoms with Gasteiger partial charge in [0.15, 0.2) is 0 Å². The van der Waals surface area contributed by atoms with Crippen molar-refractivity contribution in [3.8, 4) is 17.2 Å². The van der Waals surface area contributed by atoms with Crippen LogP contribution in [0.5, 0.6) is 17.2 Å². The van der Waals surface area contributed by atoms with E-state index in [4.69, 9.17) is 14.2 Å². The minimum absolute atomic E-state index is 0.0968. The molecule has 3 atom stereocenters. The molecule has 0 fully saturated rings. The van der Waals surface area contributed by atoms with E-state index in [0.717, 1.165) is 9.13 Å². The van der Waals surface area contributed by atoms with Gasteiger partial charge in [-0.25, -0.2) is 0 Å². The quantitative estimate of drug-likeness (QED) is 0.285. The summed E-state index contributed by atoms with van der Waals surface area (Å²) in [6.07, 6.45) is 1.22. The molecule has 0 saturated heterocycles. The summed E-state index contributed by atoms with van der Waals surface area (Å²) in [7, 11) is 3.18. The fraction of sp³-hybridized carbons (Fsp3) is 0.448. The molecule has 0 radical (unpaired) electrons. The predicted molar refractivity (Wildman–Crippen MR) is 156 cm³/mol. The maximum atomic E-state index is 13.4. The molecule has 0 bridgehead atoms. The number of nitrogens with zero attached hydrogens (tertiary/aromatic N) is 1. The Bertz CT molecular complexity index is 1160. The number of benzene rings is 2. The van der Waals surface area contributed by atoms with Crippen LogP contribution >= 0.6 is 22.6 Å². The van der Waals surface area contributed by atoms with Crippen LogP contribution < -0.4 is 19.5 Å². The van der Waals surface area contributed by atoms with Crippen LogP contribution in [-0.4, -0.2) is 79.1 Å². The molecule has 3 unspecified atom stereocenters. The van der Waals surface area contributed by atoms with Crippen molar-refractivity contribution in [3.63, 3.8) is 0 Å². The number of hydrogen-bond acceptors (Lipinski definition) is 7. The number of rotatable bonds is 13. The Morgan fingerprint density at radius 3 is 2.56 bits per heavy atom. The van der Waals surface area contributed by atoms with Crippen molar-refractivity contribution in [2.45, 2.75) is 50.9 Å². The van der Waals surface area contributed by atoms with Crippen molar-refractivity contribution >= 4 is 34.4 Å². The number of aliphatic hydroxyl groups excluding tert-OH is 2. The summed E-state index contributed by atoms with van der Waals surface area (Å²) in [6.45, 7) is 2.12. The fourth-order valence-corrected chi connectivity index (χ4v) is 5.13. The topological polar surface area (TPSA) is 118 Å². The van der Waals surface area contributed by atoms with Gasteiger partial charge in [-0.2, -0.15) is 0 Å². The van der Waals surface area contributed by atoms with Gasteiger partial charge in [0.05, 0.1) is 30.4 Å². The van der Waals surface area contributed by atoms with Gasteiger partial charge >= 0.3 is 0 Å². The molecule has 0 saturated carbocycles. The molecule has 10 heteroatoms. The molecule has 2 aromatic rings. The van der Waals surface area contributed by atoms with Crippen LogP contribution in [0.1, 0.15) is 31.7 Å². The van der Waals surface area contributed by atoms with Crippen LogP contribution in [0.2, 0.25) is 0 Å². The number of carbonyl (C=O) groups excluding carboxylic acids is 2. The number of carbonyl (C=O) groups is 2. The Balaban J connectivity index is 1.95. The first kappa shape index (κ1) is 30.7. The summed E-state index contributed by atoms with van der Waals surface area (Å²) >= 11 is 2.15. The lowest BCUT2D eigenvalue weighted by Crippen LogP contribution is -2.55. The van der Waals surface area contributed by atoms with Gasteiger partial charge in [0.25, 0.3) is 0 Å². The second kappa shape index (κ2) is 15.1. The van der Waals surface area contributed by atoms with Gasteiger partial charge < -0.3 is 34.6 Å². The standard InChI is InChI=1S/C29H37IN2O7/c1-4-7-27(34)32(14-12-19-16-21(37-2)10-11-24(19)38-3)23-17-20(29(36)31-13-15-33)18-26(28(23)35)39-25-9-6-5-8-22(25)30/h5-6,8-11,16,18,23,26,28,33,35H,4,7,12-15,17H2,1-3H3,(H,31,36). The minimum Gasteiger partial charge on any atom is -0.497 e.